The van der Waals surface area contributed by atoms with Crippen LogP contribution in [-0.2, 0) is 0 Å². The number of aromatic nitrogens is 6. The fraction of sp³-hybridized carbons (Fsp3) is 0.294. The first-order valence-electron chi connectivity index (χ1n) is 8.29. The molecule has 7 nitrogen and oxygen atoms in total. The van der Waals surface area contributed by atoms with E-state index in [1.807, 2.05) is 6.20 Å². The first-order valence-corrected chi connectivity index (χ1v) is 8.29. The zero-order valence-corrected chi connectivity index (χ0v) is 13.6. The van der Waals surface area contributed by atoms with Crippen molar-refractivity contribution in [3.05, 3.63) is 36.8 Å². The van der Waals surface area contributed by atoms with Crippen molar-refractivity contribution >= 4 is 22.6 Å². The first kappa shape index (κ1) is 14.3. The van der Waals surface area contributed by atoms with Gasteiger partial charge in [-0.05, 0) is 31.7 Å². The van der Waals surface area contributed by atoms with Crippen LogP contribution in [0.1, 0.15) is 19.8 Å². The number of aromatic amines is 1. The predicted molar refractivity (Wildman–Crippen MR) is 91.6 cm³/mol. The highest BCUT2D eigenvalue weighted by molar-refractivity contribution is 5.93. The summed E-state index contributed by atoms with van der Waals surface area (Å²) in [6, 6.07) is 1.82. The Labute approximate surface area is 142 Å². The molecular formula is C17H16FN7. The van der Waals surface area contributed by atoms with Gasteiger partial charge in [0, 0.05) is 41.1 Å². The van der Waals surface area contributed by atoms with Crippen molar-refractivity contribution in [2.45, 2.75) is 25.8 Å². The summed E-state index contributed by atoms with van der Waals surface area (Å²) in [5, 5.41) is 8.20. The lowest BCUT2D eigenvalue weighted by molar-refractivity contribution is 0.628. The normalized spacial score (nSPS) is 15.8. The van der Waals surface area contributed by atoms with Gasteiger partial charge in [0.05, 0.1) is 0 Å². The highest BCUT2D eigenvalue weighted by Crippen LogP contribution is 2.34. The average Bonchev–Trinajstić information content (AvgIpc) is 3.20. The van der Waals surface area contributed by atoms with Crippen molar-refractivity contribution in [2.24, 2.45) is 5.92 Å². The van der Waals surface area contributed by atoms with Crippen LogP contribution in [0.3, 0.4) is 0 Å². The molecule has 0 bridgehead atoms. The third kappa shape index (κ3) is 2.41. The van der Waals surface area contributed by atoms with Crippen molar-refractivity contribution in [1.29, 1.82) is 0 Å². The van der Waals surface area contributed by atoms with Crippen molar-refractivity contribution in [1.82, 2.24) is 29.5 Å². The molecule has 0 saturated heterocycles. The molecule has 1 aliphatic rings. The Hall–Kier alpha value is -3.03. The molecule has 5 rings (SSSR count). The maximum atomic E-state index is 14.2. The predicted octanol–water partition coefficient (Wildman–Crippen LogP) is 3.02. The molecule has 1 aliphatic carbocycles. The lowest BCUT2D eigenvalue weighted by Gasteiger charge is -2.12. The summed E-state index contributed by atoms with van der Waals surface area (Å²) in [7, 11) is 0. The number of H-pyrrole nitrogens is 1. The third-order valence-electron chi connectivity index (χ3n) is 4.76. The van der Waals surface area contributed by atoms with E-state index in [0.717, 1.165) is 22.5 Å². The zero-order valence-electron chi connectivity index (χ0n) is 13.6. The lowest BCUT2D eigenvalue weighted by atomic mass is 10.1. The van der Waals surface area contributed by atoms with Crippen LogP contribution in [0.15, 0.2) is 31.0 Å². The topological polar surface area (TPSA) is 83.8 Å². The average molecular weight is 337 g/mol. The first-order chi connectivity index (χ1) is 12.2. The Morgan fingerprint density at radius 1 is 1.36 bits per heavy atom. The minimum atomic E-state index is -0.415. The molecule has 8 heteroatoms. The number of fused-ring (bicyclic) bond motifs is 2. The molecule has 0 radical (unpaired) electrons. The van der Waals surface area contributed by atoms with Gasteiger partial charge in [0.25, 0.3) is 0 Å². The summed E-state index contributed by atoms with van der Waals surface area (Å²) in [4.78, 5) is 16.0. The Balaban J connectivity index is 1.54. The van der Waals surface area contributed by atoms with E-state index in [1.165, 1.54) is 29.8 Å². The van der Waals surface area contributed by atoms with Gasteiger partial charge in [0.2, 0.25) is 5.95 Å². The number of hydrogen-bond donors (Lipinski definition) is 2. The van der Waals surface area contributed by atoms with E-state index in [9.17, 15) is 4.39 Å². The molecule has 1 fully saturated rings. The molecule has 0 aromatic carbocycles. The molecule has 4 heterocycles. The van der Waals surface area contributed by atoms with Crippen LogP contribution >= 0.6 is 0 Å². The summed E-state index contributed by atoms with van der Waals surface area (Å²) in [5.41, 5.74) is 2.44. The minimum Gasteiger partial charge on any atom is -0.351 e. The second-order valence-corrected chi connectivity index (χ2v) is 6.53. The molecule has 1 unspecified atom stereocenters. The number of nitrogens with one attached hydrogen (secondary N) is 2. The van der Waals surface area contributed by atoms with Gasteiger partial charge in [-0.1, -0.05) is 0 Å². The van der Waals surface area contributed by atoms with E-state index < -0.39 is 5.82 Å². The van der Waals surface area contributed by atoms with E-state index in [0.29, 0.717) is 17.6 Å². The van der Waals surface area contributed by atoms with Crippen LogP contribution in [0.25, 0.3) is 27.8 Å². The van der Waals surface area contributed by atoms with Crippen LogP contribution in [0, 0.1) is 11.7 Å². The monoisotopic (exact) mass is 337 g/mol. The molecule has 0 spiro atoms. The number of halogens is 1. The smallest absolute Gasteiger partial charge is 0.224 e. The molecule has 0 aliphatic heterocycles. The lowest BCUT2D eigenvalue weighted by Crippen LogP contribution is -2.18. The fourth-order valence-electron chi connectivity index (χ4n) is 3.17. The summed E-state index contributed by atoms with van der Waals surface area (Å²) in [5.74, 6) is 0.913. The van der Waals surface area contributed by atoms with Gasteiger partial charge in [0.1, 0.15) is 12.0 Å². The summed E-state index contributed by atoms with van der Waals surface area (Å²) < 4.78 is 15.6. The molecule has 126 valence electrons. The minimum absolute atomic E-state index is 0.209. The van der Waals surface area contributed by atoms with E-state index in [1.54, 1.807) is 12.4 Å². The largest absolute Gasteiger partial charge is 0.351 e. The Kier molecular flexibility index (Phi) is 3.00. The maximum absolute atomic E-state index is 14.2. The van der Waals surface area contributed by atoms with E-state index in [2.05, 4.69) is 37.3 Å². The van der Waals surface area contributed by atoms with E-state index in [-0.39, 0.29) is 5.65 Å². The standard InChI is InChI=1S/C17H16FN7/c1-9(10-2-3-10)23-17-20-6-13-12(5-19-15(13)24-17)11-4-14(18)16-21-8-22-25(16)7-11/h4-10H,2-3H2,1H3,(H2,19,20,23,24). The fourth-order valence-corrected chi connectivity index (χ4v) is 3.17. The molecule has 1 saturated carbocycles. The van der Waals surface area contributed by atoms with Crippen LogP contribution in [-0.4, -0.2) is 35.6 Å². The maximum Gasteiger partial charge on any atom is 0.224 e. The Morgan fingerprint density at radius 2 is 2.24 bits per heavy atom. The van der Waals surface area contributed by atoms with E-state index in [4.69, 9.17) is 0 Å². The van der Waals surface area contributed by atoms with Gasteiger partial charge in [-0.25, -0.2) is 18.9 Å². The summed E-state index contributed by atoms with van der Waals surface area (Å²) in [6.07, 6.45) is 9.18. The number of pyridine rings is 1. The van der Waals surface area contributed by atoms with Crippen molar-refractivity contribution in [2.75, 3.05) is 5.32 Å². The van der Waals surface area contributed by atoms with Crippen LogP contribution < -0.4 is 5.32 Å². The molecule has 4 aromatic heterocycles. The Bertz CT molecular complexity index is 1080. The zero-order chi connectivity index (χ0) is 17.0. The molecule has 2 N–H and O–H groups in total. The second-order valence-electron chi connectivity index (χ2n) is 6.53. The van der Waals surface area contributed by atoms with Gasteiger partial charge in [0.15, 0.2) is 11.5 Å². The van der Waals surface area contributed by atoms with Crippen molar-refractivity contribution in [3.8, 4) is 11.1 Å². The van der Waals surface area contributed by atoms with Crippen LogP contribution in [0.4, 0.5) is 10.3 Å². The van der Waals surface area contributed by atoms with Crippen LogP contribution in [0.5, 0.6) is 0 Å². The number of anilines is 1. The summed E-state index contributed by atoms with van der Waals surface area (Å²) in [6.45, 7) is 2.15. The SMILES string of the molecule is CC(Nc1ncc2c(-c3cc(F)c4ncnn4c3)c[nH]c2n1)C1CC1. The van der Waals surface area contributed by atoms with Crippen LogP contribution in [0.2, 0.25) is 0 Å². The molecule has 4 aromatic rings. The van der Waals surface area contributed by atoms with Crippen molar-refractivity contribution in [3.63, 3.8) is 0 Å². The number of rotatable bonds is 4. The van der Waals surface area contributed by atoms with Gasteiger partial charge >= 0.3 is 0 Å². The number of nitrogens with zero attached hydrogens (tertiary/aromatic N) is 5. The van der Waals surface area contributed by atoms with Gasteiger partial charge in [-0.3, -0.25) is 0 Å². The third-order valence-corrected chi connectivity index (χ3v) is 4.76. The highest BCUT2D eigenvalue weighted by atomic mass is 19.1. The molecule has 1 atom stereocenters. The molecular weight excluding hydrogens is 321 g/mol. The van der Waals surface area contributed by atoms with E-state index >= 15 is 0 Å². The number of hydrogen-bond acceptors (Lipinski definition) is 5. The second kappa shape index (κ2) is 5.23. The van der Waals surface area contributed by atoms with Crippen molar-refractivity contribution < 1.29 is 4.39 Å². The quantitative estimate of drug-likeness (QED) is 0.598. The van der Waals surface area contributed by atoms with Gasteiger partial charge in [-0.15, -0.1) is 0 Å². The Morgan fingerprint density at radius 3 is 3.08 bits per heavy atom. The van der Waals surface area contributed by atoms with Gasteiger partial charge in [-0.2, -0.15) is 10.1 Å². The molecule has 0 amide bonds. The summed E-state index contributed by atoms with van der Waals surface area (Å²) >= 11 is 0. The van der Waals surface area contributed by atoms with Gasteiger partial charge < -0.3 is 10.3 Å². The highest BCUT2D eigenvalue weighted by Gasteiger charge is 2.28. The molecule has 25 heavy (non-hydrogen) atoms.